The zero-order valence-corrected chi connectivity index (χ0v) is 56.5. The molecule has 0 saturated heterocycles. The number of nitrogens with one attached hydrogen (secondary N) is 1. The Bertz CT molecular complexity index is 1300. The van der Waals surface area contributed by atoms with E-state index in [-0.39, 0.29) is 18.5 Å². The van der Waals surface area contributed by atoms with Crippen LogP contribution >= 0.6 is 0 Å². The van der Waals surface area contributed by atoms with Crippen molar-refractivity contribution in [2.24, 2.45) is 0 Å². The van der Waals surface area contributed by atoms with E-state index < -0.39 is 12.1 Å². The van der Waals surface area contributed by atoms with Crippen molar-refractivity contribution in [1.82, 2.24) is 5.32 Å². The number of rotatable bonds is 72. The maximum absolute atomic E-state index is 12.6. The average molecular weight is 1170 g/mol. The van der Waals surface area contributed by atoms with Crippen LogP contribution in [0.3, 0.4) is 0 Å². The van der Waals surface area contributed by atoms with Crippen LogP contribution < -0.4 is 5.32 Å². The van der Waals surface area contributed by atoms with Gasteiger partial charge in [0.1, 0.15) is 0 Å². The number of allylic oxidation sites excluding steroid dienone is 4. The van der Waals surface area contributed by atoms with Crippen LogP contribution in [0.1, 0.15) is 431 Å². The van der Waals surface area contributed by atoms with E-state index in [4.69, 9.17) is 4.74 Å². The van der Waals surface area contributed by atoms with Crippen LogP contribution in [0.2, 0.25) is 0 Å². The van der Waals surface area contributed by atoms with Crippen LogP contribution in [0, 0.1) is 0 Å². The molecule has 0 saturated carbocycles. The van der Waals surface area contributed by atoms with Crippen LogP contribution in [0.15, 0.2) is 24.3 Å². The molecule has 2 atom stereocenters. The lowest BCUT2D eigenvalue weighted by Gasteiger charge is -2.22. The largest absolute Gasteiger partial charge is 0.466 e. The Balaban J connectivity index is 3.36. The highest BCUT2D eigenvalue weighted by Crippen LogP contribution is 2.19. The van der Waals surface area contributed by atoms with Gasteiger partial charge in [-0.15, -0.1) is 0 Å². The molecule has 0 aliphatic rings. The number of ether oxygens (including phenoxy) is 1. The highest BCUT2D eigenvalue weighted by Gasteiger charge is 2.20. The molecule has 0 aliphatic heterocycles. The van der Waals surface area contributed by atoms with Crippen LogP contribution in [0.25, 0.3) is 0 Å². The molecule has 0 spiro atoms. The first kappa shape index (κ1) is 81.3. The Morgan fingerprint density at radius 2 is 0.566 bits per heavy atom. The molecule has 0 aromatic heterocycles. The molecule has 2 unspecified atom stereocenters. The standard InChI is InChI=1S/C77H149NO5/c1-3-5-7-9-11-13-15-17-18-19-20-21-33-36-39-42-46-49-53-57-61-65-69-75(80)74(73-79)78-76(81)70-66-62-58-54-50-47-43-40-37-34-31-29-27-25-23-22-24-26-28-30-32-35-38-41-44-48-52-56-60-64-68-72-83-77(82)71-67-63-59-55-51-45-16-14-12-10-8-6-4-2/h14,16,24,26,74-75,79-80H,3-13,15,17-23,25,27-73H2,1-2H3,(H,78,81)/b16-14-,26-24-. The smallest absolute Gasteiger partial charge is 0.305 e. The predicted octanol–water partition coefficient (Wildman–Crippen LogP) is 24.9. The van der Waals surface area contributed by atoms with E-state index in [1.54, 1.807) is 0 Å². The molecule has 0 aromatic rings. The van der Waals surface area contributed by atoms with Gasteiger partial charge in [-0.2, -0.15) is 0 Å². The fourth-order valence-electron chi connectivity index (χ4n) is 12.2. The first-order valence-electron chi connectivity index (χ1n) is 38.1. The number of hydrogen-bond acceptors (Lipinski definition) is 5. The summed E-state index contributed by atoms with van der Waals surface area (Å²) in [7, 11) is 0. The molecule has 3 N–H and O–H groups in total. The van der Waals surface area contributed by atoms with Gasteiger partial charge in [-0.3, -0.25) is 9.59 Å². The van der Waals surface area contributed by atoms with Crippen LogP contribution in [-0.4, -0.2) is 47.4 Å². The first-order chi connectivity index (χ1) is 41.0. The summed E-state index contributed by atoms with van der Waals surface area (Å²) in [6, 6.07) is -0.541. The van der Waals surface area contributed by atoms with Crippen LogP contribution in [-0.2, 0) is 14.3 Å². The second-order valence-electron chi connectivity index (χ2n) is 26.3. The minimum Gasteiger partial charge on any atom is -0.466 e. The van der Waals surface area contributed by atoms with Crippen molar-refractivity contribution in [3.8, 4) is 0 Å². The van der Waals surface area contributed by atoms with Gasteiger partial charge in [0.25, 0.3) is 0 Å². The molecule has 0 rings (SSSR count). The van der Waals surface area contributed by atoms with E-state index in [1.807, 2.05) is 0 Å². The number of aliphatic hydroxyl groups is 2. The van der Waals surface area contributed by atoms with Crippen molar-refractivity contribution >= 4 is 11.9 Å². The summed E-state index contributed by atoms with van der Waals surface area (Å²) < 4.78 is 5.48. The SMILES string of the molecule is CCCCCC/C=C\CCCCCCCC(=O)OCCCCCCCCCCCCCC/C=C\CCCCCCCCCCCCCCCCCC(=O)NC(CO)C(O)CCCCCCCCCCCCCCCCCCCCCCCC. The molecular weight excluding hydrogens is 1020 g/mol. The number of hydrogen-bond donors (Lipinski definition) is 3. The van der Waals surface area contributed by atoms with E-state index in [2.05, 4.69) is 43.5 Å². The summed E-state index contributed by atoms with van der Waals surface area (Å²) in [5.74, 6) is -0.0185. The fourth-order valence-corrected chi connectivity index (χ4v) is 12.2. The lowest BCUT2D eigenvalue weighted by atomic mass is 10.0. The summed E-state index contributed by atoms with van der Waals surface area (Å²) in [6.45, 7) is 4.98. The number of carbonyl (C=O) groups is 2. The molecule has 0 aliphatic carbocycles. The number of aliphatic hydroxyl groups excluding tert-OH is 2. The molecule has 6 nitrogen and oxygen atoms in total. The molecule has 0 aromatic carbocycles. The fraction of sp³-hybridized carbons (Fsp3) is 0.922. The Morgan fingerprint density at radius 1 is 0.325 bits per heavy atom. The van der Waals surface area contributed by atoms with Crippen LogP contribution in [0.4, 0.5) is 0 Å². The van der Waals surface area contributed by atoms with Crippen molar-refractivity contribution in [3.63, 3.8) is 0 Å². The Hall–Kier alpha value is -1.66. The van der Waals surface area contributed by atoms with Gasteiger partial charge in [-0.1, -0.05) is 366 Å². The summed E-state index contributed by atoms with van der Waals surface area (Å²) >= 11 is 0. The predicted molar refractivity (Wildman–Crippen MR) is 366 cm³/mol. The molecule has 0 fully saturated rings. The van der Waals surface area contributed by atoms with Crippen molar-refractivity contribution in [2.75, 3.05) is 13.2 Å². The number of unbranched alkanes of at least 4 members (excludes halogenated alkanes) is 57. The van der Waals surface area contributed by atoms with Gasteiger partial charge in [0.05, 0.1) is 25.4 Å². The van der Waals surface area contributed by atoms with Gasteiger partial charge >= 0.3 is 5.97 Å². The highest BCUT2D eigenvalue weighted by atomic mass is 16.5. The lowest BCUT2D eigenvalue weighted by molar-refractivity contribution is -0.143. The highest BCUT2D eigenvalue weighted by molar-refractivity contribution is 5.76. The van der Waals surface area contributed by atoms with E-state index in [9.17, 15) is 19.8 Å². The van der Waals surface area contributed by atoms with Gasteiger partial charge in [0, 0.05) is 12.8 Å². The molecule has 6 heteroatoms. The molecule has 1 amide bonds. The summed E-state index contributed by atoms with van der Waals surface area (Å²) in [5.41, 5.74) is 0. The van der Waals surface area contributed by atoms with Gasteiger partial charge < -0.3 is 20.3 Å². The minimum absolute atomic E-state index is 0.00923. The third-order valence-corrected chi connectivity index (χ3v) is 18.0. The van der Waals surface area contributed by atoms with Crippen LogP contribution in [0.5, 0.6) is 0 Å². The van der Waals surface area contributed by atoms with Gasteiger partial charge in [-0.05, 0) is 77.0 Å². The van der Waals surface area contributed by atoms with E-state index in [1.165, 1.54) is 353 Å². The Kier molecular flexibility index (Phi) is 71.4. The maximum atomic E-state index is 12.6. The zero-order valence-electron chi connectivity index (χ0n) is 56.5. The van der Waals surface area contributed by atoms with Gasteiger partial charge in [-0.25, -0.2) is 0 Å². The maximum Gasteiger partial charge on any atom is 0.305 e. The van der Waals surface area contributed by atoms with E-state index in [0.717, 1.165) is 44.9 Å². The van der Waals surface area contributed by atoms with Gasteiger partial charge in [0.2, 0.25) is 5.91 Å². The number of amides is 1. The number of carbonyl (C=O) groups excluding carboxylic acids is 2. The second kappa shape index (κ2) is 72.8. The Morgan fingerprint density at radius 3 is 0.867 bits per heavy atom. The second-order valence-corrected chi connectivity index (χ2v) is 26.3. The van der Waals surface area contributed by atoms with Crippen molar-refractivity contribution in [1.29, 1.82) is 0 Å². The van der Waals surface area contributed by atoms with Crippen molar-refractivity contribution < 1.29 is 24.5 Å². The topological polar surface area (TPSA) is 95.9 Å². The van der Waals surface area contributed by atoms with E-state index >= 15 is 0 Å². The molecule has 0 radical (unpaired) electrons. The summed E-state index contributed by atoms with van der Waals surface area (Å²) in [4.78, 5) is 24.6. The number of esters is 1. The molecule has 492 valence electrons. The van der Waals surface area contributed by atoms with Crippen molar-refractivity contribution in [2.45, 2.75) is 443 Å². The first-order valence-corrected chi connectivity index (χ1v) is 38.1. The average Bonchev–Trinajstić information content (AvgIpc) is 3.49. The summed E-state index contributed by atoms with van der Waals surface area (Å²) in [5, 5.41) is 23.5. The molecule has 83 heavy (non-hydrogen) atoms. The zero-order chi connectivity index (χ0) is 59.9. The summed E-state index contributed by atoms with van der Waals surface area (Å²) in [6.07, 6.45) is 92.5. The Labute approximate surface area is 520 Å². The quantitative estimate of drug-likeness (QED) is 0.0320. The monoisotopic (exact) mass is 1170 g/mol. The lowest BCUT2D eigenvalue weighted by Crippen LogP contribution is -2.45. The molecule has 0 heterocycles. The molecule has 0 bridgehead atoms. The molecular formula is C77H149NO5. The van der Waals surface area contributed by atoms with Gasteiger partial charge in [0.15, 0.2) is 0 Å². The third kappa shape index (κ3) is 69.3. The third-order valence-electron chi connectivity index (χ3n) is 18.0. The normalized spacial score (nSPS) is 12.6. The minimum atomic E-state index is -0.664. The van der Waals surface area contributed by atoms with Crippen molar-refractivity contribution in [3.05, 3.63) is 24.3 Å². The van der Waals surface area contributed by atoms with E-state index in [0.29, 0.717) is 25.9 Å².